The Hall–Kier alpha value is -0.800. The Labute approximate surface area is 79.3 Å². The lowest BCUT2D eigenvalue weighted by atomic mass is 9.88. The minimum Gasteiger partial charge on any atom is -0.385 e. The lowest BCUT2D eigenvalue weighted by Gasteiger charge is -2.27. The highest BCUT2D eigenvalue weighted by atomic mass is 16.3. The van der Waals surface area contributed by atoms with Crippen molar-refractivity contribution in [3.05, 3.63) is 23.9 Å². The summed E-state index contributed by atoms with van der Waals surface area (Å²) in [6.45, 7) is 2.12. The molecule has 0 amide bonds. The zero-order valence-electron chi connectivity index (χ0n) is 8.09. The van der Waals surface area contributed by atoms with Gasteiger partial charge < -0.3 is 10.5 Å². The Balaban J connectivity index is 2.53. The van der Waals surface area contributed by atoms with Gasteiger partial charge in [0.2, 0.25) is 0 Å². The molecule has 74 valence electrons. The molecule has 1 aliphatic carbocycles. The minimum atomic E-state index is -0.688. The first-order valence-corrected chi connectivity index (χ1v) is 4.77. The van der Waals surface area contributed by atoms with E-state index in [1.165, 1.54) is 0 Å². The highest BCUT2D eigenvalue weighted by Crippen LogP contribution is 2.26. The van der Waals surface area contributed by atoms with Crippen LogP contribution < -0.4 is 11.3 Å². The van der Waals surface area contributed by atoms with Crippen LogP contribution in [0.4, 0.5) is 0 Å². The first-order valence-electron chi connectivity index (χ1n) is 4.77. The van der Waals surface area contributed by atoms with Gasteiger partial charge in [-0.2, -0.15) is 0 Å². The predicted molar refractivity (Wildman–Crippen MR) is 53.6 cm³/mol. The number of unbranched alkanes of at least 4 members (excludes halogenated alkanes) is 1. The summed E-state index contributed by atoms with van der Waals surface area (Å²) in [5.74, 6) is 5.29. The summed E-state index contributed by atoms with van der Waals surface area (Å²) in [6, 6.07) is 0. The van der Waals surface area contributed by atoms with Gasteiger partial charge in [0.25, 0.3) is 0 Å². The molecule has 0 aromatic rings. The molecule has 0 fully saturated rings. The molecule has 0 aromatic heterocycles. The highest BCUT2D eigenvalue weighted by Gasteiger charge is 2.25. The zero-order valence-corrected chi connectivity index (χ0v) is 8.09. The van der Waals surface area contributed by atoms with E-state index >= 15 is 0 Å². The topological polar surface area (TPSA) is 58.3 Å². The molecule has 0 aromatic carbocycles. The van der Waals surface area contributed by atoms with E-state index in [1.807, 2.05) is 18.2 Å². The van der Waals surface area contributed by atoms with Gasteiger partial charge in [-0.25, -0.2) is 0 Å². The zero-order chi connectivity index (χ0) is 9.73. The van der Waals surface area contributed by atoms with Crippen LogP contribution in [0.5, 0.6) is 0 Å². The van der Waals surface area contributed by atoms with Crippen LogP contribution in [0.1, 0.15) is 32.6 Å². The number of rotatable bonds is 4. The van der Waals surface area contributed by atoms with Crippen LogP contribution in [0.2, 0.25) is 0 Å². The van der Waals surface area contributed by atoms with Crippen molar-refractivity contribution in [2.45, 2.75) is 38.2 Å². The molecule has 1 aliphatic rings. The van der Waals surface area contributed by atoms with Gasteiger partial charge in [0, 0.05) is 12.1 Å². The minimum absolute atomic E-state index is 0.597. The van der Waals surface area contributed by atoms with Gasteiger partial charge in [-0.05, 0) is 12.5 Å². The molecule has 1 unspecified atom stereocenters. The molecule has 0 aliphatic heterocycles. The first-order chi connectivity index (χ1) is 6.20. The summed E-state index contributed by atoms with van der Waals surface area (Å²) in [5, 5.41) is 10.1. The molecular weight excluding hydrogens is 164 g/mol. The van der Waals surface area contributed by atoms with Gasteiger partial charge in [-0.15, -0.1) is 0 Å². The molecule has 0 heterocycles. The average molecular weight is 182 g/mol. The third kappa shape index (κ3) is 2.86. The van der Waals surface area contributed by atoms with E-state index in [1.54, 1.807) is 0 Å². The third-order valence-electron chi connectivity index (χ3n) is 2.35. The van der Waals surface area contributed by atoms with Crippen molar-refractivity contribution in [3.8, 4) is 0 Å². The van der Waals surface area contributed by atoms with E-state index < -0.39 is 5.60 Å². The van der Waals surface area contributed by atoms with Crippen molar-refractivity contribution in [1.29, 1.82) is 0 Å². The van der Waals surface area contributed by atoms with Gasteiger partial charge >= 0.3 is 0 Å². The first kappa shape index (κ1) is 10.3. The fraction of sp³-hybridized carbons (Fsp3) is 0.600. The van der Waals surface area contributed by atoms with Gasteiger partial charge in [0.05, 0.1) is 5.60 Å². The van der Waals surface area contributed by atoms with Crippen LogP contribution in [0.15, 0.2) is 23.9 Å². The van der Waals surface area contributed by atoms with E-state index in [0.29, 0.717) is 6.42 Å². The number of hydrogen-bond acceptors (Lipinski definition) is 3. The number of allylic oxidation sites excluding steroid dienone is 2. The quantitative estimate of drug-likeness (QED) is 0.452. The van der Waals surface area contributed by atoms with E-state index in [4.69, 9.17) is 5.84 Å². The fourth-order valence-corrected chi connectivity index (χ4v) is 1.54. The molecule has 0 bridgehead atoms. The second-order valence-corrected chi connectivity index (χ2v) is 3.58. The largest absolute Gasteiger partial charge is 0.385 e. The van der Waals surface area contributed by atoms with Crippen LogP contribution in [0.3, 0.4) is 0 Å². The number of nitrogens with two attached hydrogens (primary N) is 1. The van der Waals surface area contributed by atoms with Gasteiger partial charge in [0.15, 0.2) is 0 Å². The number of aliphatic hydroxyl groups is 1. The van der Waals surface area contributed by atoms with Crippen LogP contribution >= 0.6 is 0 Å². The summed E-state index contributed by atoms with van der Waals surface area (Å²) >= 11 is 0. The Kier molecular flexibility index (Phi) is 3.51. The van der Waals surface area contributed by atoms with E-state index in [2.05, 4.69) is 12.3 Å². The predicted octanol–water partition coefficient (Wildman–Crippen LogP) is 1.21. The Bertz CT molecular complexity index is 223. The Morgan fingerprint density at radius 3 is 3.08 bits per heavy atom. The molecule has 0 spiro atoms. The van der Waals surface area contributed by atoms with Crippen LogP contribution in [-0.2, 0) is 0 Å². The van der Waals surface area contributed by atoms with Crippen molar-refractivity contribution >= 4 is 0 Å². The molecule has 0 saturated carbocycles. The van der Waals surface area contributed by atoms with E-state index in [9.17, 15) is 5.11 Å². The molecule has 1 rings (SSSR count). The summed E-state index contributed by atoms with van der Waals surface area (Å²) in [4.78, 5) is 0. The van der Waals surface area contributed by atoms with Crippen molar-refractivity contribution in [1.82, 2.24) is 5.43 Å². The lowest BCUT2D eigenvalue weighted by Crippen LogP contribution is -2.33. The summed E-state index contributed by atoms with van der Waals surface area (Å²) in [5.41, 5.74) is 2.79. The van der Waals surface area contributed by atoms with E-state index in [0.717, 1.165) is 25.0 Å². The molecule has 0 radical (unpaired) electrons. The van der Waals surface area contributed by atoms with Crippen LogP contribution in [0.25, 0.3) is 0 Å². The second-order valence-electron chi connectivity index (χ2n) is 3.58. The standard InChI is InChI=1S/C10H18N2O/c1-2-3-6-10(13)7-4-5-9(8-10)12-11/h4-5,7,12-13H,2-3,6,8,11H2,1H3. The maximum atomic E-state index is 10.1. The molecule has 0 saturated heterocycles. The van der Waals surface area contributed by atoms with Crippen molar-refractivity contribution in [2.75, 3.05) is 0 Å². The molecular formula is C10H18N2O. The summed E-state index contributed by atoms with van der Waals surface area (Å²) in [7, 11) is 0. The Morgan fingerprint density at radius 1 is 1.69 bits per heavy atom. The smallest absolute Gasteiger partial charge is 0.0885 e. The highest BCUT2D eigenvalue weighted by molar-refractivity contribution is 5.23. The van der Waals surface area contributed by atoms with Crippen LogP contribution in [0, 0.1) is 0 Å². The van der Waals surface area contributed by atoms with Crippen molar-refractivity contribution in [2.24, 2.45) is 5.84 Å². The molecule has 3 heteroatoms. The molecule has 4 N–H and O–H groups in total. The van der Waals surface area contributed by atoms with Gasteiger partial charge in [-0.1, -0.05) is 31.9 Å². The Morgan fingerprint density at radius 2 is 2.46 bits per heavy atom. The van der Waals surface area contributed by atoms with Gasteiger partial charge in [-0.3, -0.25) is 5.84 Å². The summed E-state index contributed by atoms with van der Waals surface area (Å²) < 4.78 is 0. The van der Waals surface area contributed by atoms with E-state index in [-0.39, 0.29) is 0 Å². The second kappa shape index (κ2) is 4.44. The van der Waals surface area contributed by atoms with Crippen molar-refractivity contribution < 1.29 is 5.11 Å². The number of hydrazine groups is 1. The number of hydrogen-bond donors (Lipinski definition) is 3. The maximum Gasteiger partial charge on any atom is 0.0885 e. The van der Waals surface area contributed by atoms with Crippen LogP contribution in [-0.4, -0.2) is 10.7 Å². The average Bonchev–Trinajstić information content (AvgIpc) is 2.15. The SMILES string of the molecule is CCCCC1(O)C=CC=C(NN)C1. The molecule has 13 heavy (non-hydrogen) atoms. The lowest BCUT2D eigenvalue weighted by molar-refractivity contribution is 0.0761. The number of nitrogens with one attached hydrogen (secondary N) is 1. The van der Waals surface area contributed by atoms with Crippen molar-refractivity contribution in [3.63, 3.8) is 0 Å². The third-order valence-corrected chi connectivity index (χ3v) is 2.35. The summed E-state index contributed by atoms with van der Waals surface area (Å²) in [6.07, 6.45) is 9.14. The van der Waals surface area contributed by atoms with Gasteiger partial charge in [0.1, 0.15) is 0 Å². The normalized spacial score (nSPS) is 27.2. The fourth-order valence-electron chi connectivity index (χ4n) is 1.54. The monoisotopic (exact) mass is 182 g/mol. The molecule has 3 nitrogen and oxygen atoms in total. The molecule has 1 atom stereocenters. The maximum absolute atomic E-state index is 10.1.